The normalized spacial score (nSPS) is 18.2. The van der Waals surface area contributed by atoms with Gasteiger partial charge < -0.3 is 14.2 Å². The lowest BCUT2D eigenvalue weighted by Crippen LogP contribution is -2.37. The molecule has 1 aromatic heterocycles. The van der Waals surface area contributed by atoms with Crippen LogP contribution in [0.3, 0.4) is 0 Å². The summed E-state index contributed by atoms with van der Waals surface area (Å²) in [6, 6.07) is 90.3. The molecule has 0 radical (unpaired) electrons. The topological polar surface area (TPSA) is 19.6 Å². The van der Waals surface area contributed by atoms with Gasteiger partial charge in [0.2, 0.25) is 0 Å². The molecule has 0 N–H and O–H groups in total. The van der Waals surface area contributed by atoms with Crippen LogP contribution in [-0.4, -0.2) is 0 Å². The third-order valence-corrected chi connectivity index (χ3v) is 16.9. The molecule has 0 saturated heterocycles. The van der Waals surface area contributed by atoms with Crippen LogP contribution in [0.15, 0.2) is 247 Å². The van der Waals surface area contributed by atoms with E-state index in [1.54, 1.807) is 0 Å². The van der Waals surface area contributed by atoms with Gasteiger partial charge in [-0.3, -0.25) is 0 Å². The third-order valence-electron chi connectivity index (χ3n) is 16.9. The SMILES string of the molecule is CC1(C)c2ccccc2-c2ccc(N(c3cccc(-c4cccc(N(c5ccccc5)c5cccc(C6(c7ccccc7)c7ccccc7C7CCCCC76)c5)c4)c3)c3cccc4oc5ccccc5c34)cc21. The zero-order valence-corrected chi connectivity index (χ0v) is 41.4. The van der Waals surface area contributed by atoms with Crippen LogP contribution in [0.1, 0.15) is 78.8 Å². The Labute approximate surface area is 428 Å². The molecule has 0 amide bonds. The van der Waals surface area contributed by atoms with Crippen LogP contribution in [0.5, 0.6) is 0 Å². The zero-order chi connectivity index (χ0) is 48.7. The quantitative estimate of drug-likeness (QED) is 0.144. The van der Waals surface area contributed by atoms with Crippen LogP contribution in [0.2, 0.25) is 0 Å². The predicted molar refractivity (Wildman–Crippen MR) is 304 cm³/mol. The van der Waals surface area contributed by atoms with Crippen molar-refractivity contribution in [1.82, 2.24) is 0 Å². The minimum atomic E-state index is -0.263. The van der Waals surface area contributed by atoms with E-state index in [1.165, 1.54) is 70.2 Å². The van der Waals surface area contributed by atoms with Crippen molar-refractivity contribution in [2.24, 2.45) is 5.92 Å². The minimum Gasteiger partial charge on any atom is -0.456 e. The van der Waals surface area contributed by atoms with Crippen LogP contribution in [0.4, 0.5) is 34.1 Å². The summed E-state index contributed by atoms with van der Waals surface area (Å²) in [5.41, 5.74) is 21.3. The Balaban J connectivity index is 0.912. The molecule has 3 nitrogen and oxygen atoms in total. The first kappa shape index (κ1) is 43.4. The number of benzene rings is 10. The van der Waals surface area contributed by atoms with E-state index < -0.39 is 0 Å². The first-order valence-electron chi connectivity index (χ1n) is 26.2. The molecule has 11 aromatic rings. The number of furan rings is 1. The molecule has 3 unspecified atom stereocenters. The monoisotopic (exact) mass is 940 g/mol. The van der Waals surface area contributed by atoms with Crippen LogP contribution in [0.25, 0.3) is 44.2 Å². The van der Waals surface area contributed by atoms with Crippen molar-refractivity contribution in [2.45, 2.75) is 56.3 Å². The maximum Gasteiger partial charge on any atom is 0.137 e. The molecule has 3 atom stereocenters. The van der Waals surface area contributed by atoms with Crippen LogP contribution >= 0.6 is 0 Å². The molecule has 1 saturated carbocycles. The van der Waals surface area contributed by atoms with Crippen LogP contribution in [-0.2, 0) is 10.8 Å². The molecule has 73 heavy (non-hydrogen) atoms. The van der Waals surface area contributed by atoms with Gasteiger partial charge in [0, 0.05) is 44.7 Å². The molecule has 3 aliphatic rings. The summed E-state index contributed by atoms with van der Waals surface area (Å²) in [5.74, 6) is 1.02. The molecule has 14 rings (SSSR count). The van der Waals surface area contributed by atoms with Gasteiger partial charge in [0.15, 0.2) is 0 Å². The molecule has 352 valence electrons. The van der Waals surface area contributed by atoms with E-state index in [0.717, 1.165) is 67.2 Å². The standard InChI is InChI=1S/C70H56N2O/c1-69(2)61-35-13-9-31-56(61)59-42-41-55(46-64(59)69)72(65-38-20-40-67-68(65)60-34-12-16-39-66(60)73-67)53-29-18-22-48(44-53)47-21-17-28-52(43-47)71(51-26-7-4-8-27-51)54-30-19-25-50(45-54)70(49-23-5-3-6-24-49)62-36-14-10-32-57(62)58-33-11-15-37-63(58)70/h3-10,12-14,16-32,34-36,38-46,58,63H,11,15,33,37H2,1-2H3. The summed E-state index contributed by atoms with van der Waals surface area (Å²) < 4.78 is 6.54. The maximum absolute atomic E-state index is 6.54. The first-order chi connectivity index (χ1) is 36.0. The van der Waals surface area contributed by atoms with Gasteiger partial charge in [-0.05, 0) is 159 Å². The summed E-state index contributed by atoms with van der Waals surface area (Å²) in [6.45, 7) is 4.72. The second-order valence-corrected chi connectivity index (χ2v) is 21.1. The largest absolute Gasteiger partial charge is 0.456 e. The fourth-order valence-electron chi connectivity index (χ4n) is 13.8. The van der Waals surface area contributed by atoms with Crippen molar-refractivity contribution < 1.29 is 4.42 Å². The molecule has 0 bridgehead atoms. The lowest BCUT2D eigenvalue weighted by molar-refractivity contribution is 0.262. The van der Waals surface area contributed by atoms with Gasteiger partial charge in [0.1, 0.15) is 11.2 Å². The second kappa shape index (κ2) is 17.1. The Kier molecular flexibility index (Phi) is 10.2. The highest BCUT2D eigenvalue weighted by atomic mass is 16.3. The number of fused-ring (bicyclic) bond motifs is 9. The van der Waals surface area contributed by atoms with Crippen LogP contribution in [0, 0.1) is 5.92 Å². The Morgan fingerprint density at radius 2 is 0.986 bits per heavy atom. The van der Waals surface area contributed by atoms with Gasteiger partial charge in [-0.1, -0.05) is 190 Å². The molecule has 0 aliphatic heterocycles. The number of hydrogen-bond donors (Lipinski definition) is 0. The van der Waals surface area contributed by atoms with E-state index in [1.807, 2.05) is 0 Å². The van der Waals surface area contributed by atoms with E-state index in [9.17, 15) is 0 Å². The summed E-state index contributed by atoms with van der Waals surface area (Å²) in [5, 5.41) is 2.20. The predicted octanol–water partition coefficient (Wildman–Crippen LogP) is 19.1. The first-order valence-corrected chi connectivity index (χ1v) is 26.2. The number of anilines is 6. The number of para-hydroxylation sites is 2. The van der Waals surface area contributed by atoms with Gasteiger partial charge in [0.25, 0.3) is 0 Å². The van der Waals surface area contributed by atoms with E-state index >= 15 is 0 Å². The summed E-state index contributed by atoms with van der Waals surface area (Å²) in [4.78, 5) is 4.90. The average molecular weight is 941 g/mol. The van der Waals surface area contributed by atoms with Crippen molar-refractivity contribution in [3.05, 3.63) is 276 Å². The van der Waals surface area contributed by atoms with E-state index in [2.05, 4.69) is 266 Å². The highest BCUT2D eigenvalue weighted by molar-refractivity contribution is 6.13. The van der Waals surface area contributed by atoms with Crippen molar-refractivity contribution in [3.8, 4) is 22.3 Å². The summed E-state index contributed by atoms with van der Waals surface area (Å²) in [6.07, 6.45) is 5.01. The zero-order valence-electron chi connectivity index (χ0n) is 41.4. The third kappa shape index (κ3) is 6.78. The van der Waals surface area contributed by atoms with Crippen molar-refractivity contribution in [1.29, 1.82) is 0 Å². The highest BCUT2D eigenvalue weighted by Gasteiger charge is 2.54. The number of rotatable bonds is 9. The number of hydrogen-bond acceptors (Lipinski definition) is 3. The summed E-state index contributed by atoms with van der Waals surface area (Å²) in [7, 11) is 0. The Hall–Kier alpha value is -8.40. The van der Waals surface area contributed by atoms with Gasteiger partial charge in [-0.25, -0.2) is 0 Å². The Morgan fingerprint density at radius 1 is 0.411 bits per heavy atom. The fraction of sp³-hybridized carbons (Fsp3) is 0.143. The van der Waals surface area contributed by atoms with Crippen molar-refractivity contribution in [2.75, 3.05) is 9.80 Å². The van der Waals surface area contributed by atoms with Gasteiger partial charge in [0.05, 0.1) is 11.1 Å². The Morgan fingerprint density at radius 3 is 1.79 bits per heavy atom. The van der Waals surface area contributed by atoms with Crippen LogP contribution < -0.4 is 9.80 Å². The van der Waals surface area contributed by atoms with E-state index in [-0.39, 0.29) is 10.8 Å². The lowest BCUT2D eigenvalue weighted by Gasteiger charge is -2.42. The van der Waals surface area contributed by atoms with Gasteiger partial charge >= 0.3 is 0 Å². The second-order valence-electron chi connectivity index (χ2n) is 21.1. The maximum atomic E-state index is 6.54. The molecular formula is C70H56N2O. The highest BCUT2D eigenvalue weighted by Crippen LogP contribution is 2.62. The minimum absolute atomic E-state index is 0.156. The average Bonchev–Trinajstić information content (AvgIpc) is 4.06. The smallest absolute Gasteiger partial charge is 0.137 e. The van der Waals surface area contributed by atoms with Gasteiger partial charge in [-0.15, -0.1) is 0 Å². The molecular weight excluding hydrogens is 885 g/mol. The van der Waals surface area contributed by atoms with E-state index in [4.69, 9.17) is 4.42 Å². The molecule has 1 fully saturated rings. The molecule has 10 aromatic carbocycles. The fourth-order valence-corrected chi connectivity index (χ4v) is 13.8. The molecule has 3 aliphatic carbocycles. The van der Waals surface area contributed by atoms with Gasteiger partial charge in [-0.2, -0.15) is 0 Å². The van der Waals surface area contributed by atoms with Crippen molar-refractivity contribution in [3.63, 3.8) is 0 Å². The molecule has 0 spiro atoms. The lowest BCUT2D eigenvalue weighted by atomic mass is 9.61. The van der Waals surface area contributed by atoms with Crippen molar-refractivity contribution >= 4 is 56.1 Å². The molecule has 1 heterocycles. The summed E-state index contributed by atoms with van der Waals surface area (Å²) >= 11 is 0. The molecule has 3 heteroatoms. The van der Waals surface area contributed by atoms with E-state index in [0.29, 0.717) is 11.8 Å². The number of nitrogens with zero attached hydrogens (tertiary/aromatic N) is 2. The Bertz CT molecular complexity index is 3890.